The number of hydrogen-bond donors (Lipinski definition) is 5. The summed E-state index contributed by atoms with van der Waals surface area (Å²) in [5.41, 5.74) is -1.50. The first-order valence-corrected chi connectivity index (χ1v) is 17.8. The van der Waals surface area contributed by atoms with Gasteiger partial charge in [-0.3, -0.25) is 28.8 Å². The first kappa shape index (κ1) is 38.8. The van der Waals surface area contributed by atoms with Crippen molar-refractivity contribution in [3.63, 3.8) is 0 Å². The minimum absolute atomic E-state index is 0.0557. The number of urea groups is 1. The van der Waals surface area contributed by atoms with Gasteiger partial charge in [0.15, 0.2) is 0 Å². The maximum atomic E-state index is 14.4. The van der Waals surface area contributed by atoms with Crippen LogP contribution in [0, 0.1) is 28.1 Å². The molecule has 6 atom stereocenters. The van der Waals surface area contributed by atoms with Crippen molar-refractivity contribution in [1.82, 2.24) is 26.2 Å². The summed E-state index contributed by atoms with van der Waals surface area (Å²) in [7, 11) is 0. The summed E-state index contributed by atoms with van der Waals surface area (Å²) >= 11 is 0. The van der Waals surface area contributed by atoms with Crippen molar-refractivity contribution in [3.8, 4) is 0 Å². The first-order chi connectivity index (χ1) is 23.2. The third-order valence-corrected chi connectivity index (χ3v) is 10.8. The molecule has 1 aromatic carbocycles. The lowest BCUT2D eigenvalue weighted by Gasteiger charge is -2.38. The molecule has 0 bridgehead atoms. The summed E-state index contributed by atoms with van der Waals surface area (Å²) in [4.78, 5) is 93.4. The van der Waals surface area contributed by atoms with E-state index in [4.69, 9.17) is 0 Å². The number of anilines is 1. The zero-order chi connectivity index (χ0) is 37.5. The van der Waals surface area contributed by atoms with Crippen LogP contribution in [0.3, 0.4) is 0 Å². The van der Waals surface area contributed by atoms with Crippen molar-refractivity contribution in [3.05, 3.63) is 38.7 Å². The fourth-order valence-electron chi connectivity index (χ4n) is 7.31. The Hall–Kier alpha value is -4.03. The molecule has 1 aromatic rings. The number of nitrogens with one attached hydrogen (secondary N) is 5. The van der Waals surface area contributed by atoms with Crippen LogP contribution in [-0.2, 0) is 19.2 Å². The molecule has 13 heteroatoms. The molecule has 1 unspecified atom stereocenters. The summed E-state index contributed by atoms with van der Waals surface area (Å²) in [5, 5.41) is 14.2. The Balaban J connectivity index is 1.50. The maximum Gasteiger partial charge on any atom is 0.315 e. The van der Waals surface area contributed by atoms with Gasteiger partial charge in [-0.2, -0.15) is 0 Å². The minimum atomic E-state index is -1.05. The van der Waals surface area contributed by atoms with Gasteiger partial charge in [-0.1, -0.05) is 74.8 Å². The fraction of sp³-hybridized carbons (Fsp3) is 0.703. The largest absolute Gasteiger partial charge is 0.379 e. The molecule has 3 fully saturated rings. The minimum Gasteiger partial charge on any atom is -0.379 e. The van der Waals surface area contributed by atoms with Crippen LogP contribution in [0.4, 0.5) is 10.5 Å². The normalized spacial score (nSPS) is 22.8. The molecule has 0 aromatic heterocycles. The predicted octanol–water partition coefficient (Wildman–Crippen LogP) is 2.34. The number of likely N-dealkylation sites (tertiary alicyclic amines) is 1. The van der Waals surface area contributed by atoms with Crippen LogP contribution >= 0.6 is 0 Å². The molecule has 5 amide bonds. The Morgan fingerprint density at radius 3 is 2.14 bits per heavy atom. The van der Waals surface area contributed by atoms with Crippen LogP contribution < -0.4 is 37.4 Å². The van der Waals surface area contributed by atoms with Crippen LogP contribution in [0.2, 0.25) is 0 Å². The average Bonchev–Trinajstić information content (AvgIpc) is 3.89. The number of rotatable bonds is 15. The number of fused-ring (bicyclic) bond motifs is 1. The summed E-state index contributed by atoms with van der Waals surface area (Å²) in [5.74, 6) is -2.46. The highest BCUT2D eigenvalue weighted by molar-refractivity contribution is 6.38. The number of hydrogen-bond acceptors (Lipinski definition) is 8. The van der Waals surface area contributed by atoms with Crippen molar-refractivity contribution in [2.45, 2.75) is 118 Å². The smallest absolute Gasteiger partial charge is 0.315 e. The Bertz CT molecular complexity index is 1590. The van der Waals surface area contributed by atoms with Crippen molar-refractivity contribution >= 4 is 35.2 Å². The second-order valence-electron chi connectivity index (χ2n) is 17.0. The number of carbonyl (C=O) groups excluding carboxylic acids is 5. The zero-order valence-electron chi connectivity index (χ0n) is 31.1. The average molecular weight is 697 g/mol. The molecular formula is C37H56N6O7. The van der Waals surface area contributed by atoms with Crippen molar-refractivity contribution in [2.24, 2.45) is 28.1 Å². The van der Waals surface area contributed by atoms with E-state index >= 15 is 0 Å². The number of amides is 5. The van der Waals surface area contributed by atoms with Gasteiger partial charge in [0, 0.05) is 25.2 Å². The highest BCUT2D eigenvalue weighted by atomic mass is 16.2. The summed E-state index contributed by atoms with van der Waals surface area (Å²) in [6.07, 6.45) is 4.02. The zero-order valence-corrected chi connectivity index (χ0v) is 31.1. The highest BCUT2D eigenvalue weighted by Crippen LogP contribution is 2.65. The molecule has 2 aliphatic carbocycles. The molecule has 50 heavy (non-hydrogen) atoms. The molecule has 0 spiro atoms. The van der Waals surface area contributed by atoms with Crippen LogP contribution in [0.25, 0.3) is 0 Å². The quantitative estimate of drug-likeness (QED) is 0.137. The van der Waals surface area contributed by atoms with E-state index < -0.39 is 75.4 Å². The Morgan fingerprint density at radius 1 is 0.960 bits per heavy atom. The van der Waals surface area contributed by atoms with E-state index in [1.807, 2.05) is 62.3 Å². The van der Waals surface area contributed by atoms with Crippen molar-refractivity contribution in [1.29, 1.82) is 0 Å². The second-order valence-corrected chi connectivity index (χ2v) is 17.0. The van der Waals surface area contributed by atoms with Gasteiger partial charge in [0.1, 0.15) is 12.1 Å². The Labute approximate surface area is 294 Å². The predicted molar refractivity (Wildman–Crippen MR) is 191 cm³/mol. The summed E-state index contributed by atoms with van der Waals surface area (Å²) in [6.45, 7) is 21.4. The molecule has 1 saturated heterocycles. The third-order valence-electron chi connectivity index (χ3n) is 10.8. The van der Waals surface area contributed by atoms with Gasteiger partial charge in [-0.05, 0) is 53.3 Å². The van der Waals surface area contributed by atoms with Crippen LogP contribution in [0.5, 0.6) is 0 Å². The number of ketones is 1. The topological polar surface area (TPSA) is 183 Å². The molecule has 3 aliphatic rings. The van der Waals surface area contributed by atoms with Gasteiger partial charge in [-0.25, -0.2) is 4.79 Å². The van der Waals surface area contributed by atoms with Gasteiger partial charge in [-0.15, -0.1) is 6.58 Å². The van der Waals surface area contributed by atoms with Gasteiger partial charge in [0.2, 0.25) is 28.5 Å². The lowest BCUT2D eigenvalue weighted by Crippen LogP contribution is -2.62. The molecule has 0 radical (unpaired) electrons. The summed E-state index contributed by atoms with van der Waals surface area (Å²) in [6, 6.07) is -4.02. The van der Waals surface area contributed by atoms with Gasteiger partial charge >= 0.3 is 6.03 Å². The monoisotopic (exact) mass is 696 g/mol. The van der Waals surface area contributed by atoms with Gasteiger partial charge in [0.05, 0.1) is 17.8 Å². The maximum absolute atomic E-state index is 14.4. The van der Waals surface area contributed by atoms with Crippen LogP contribution in [-0.4, -0.2) is 78.2 Å². The molecule has 276 valence electrons. The number of Topliss-reactive ketones (excluding diaryl/α,β-unsaturated/α-hetero) is 1. The van der Waals surface area contributed by atoms with E-state index in [-0.39, 0.29) is 42.7 Å². The number of carbonyl (C=O) groups is 5. The van der Waals surface area contributed by atoms with Crippen molar-refractivity contribution < 1.29 is 24.0 Å². The SMILES string of the molecule is C=CCNC(=O)C(=O)C(CCC)NC(=O)[C@@H]1[C@@H]2[C@H](CN1C(=O)[C@@H](NC(=O)N[C@H](CNc1c(C3CC3)c(=O)c1=O)C(C)(C)C)C(C)(C)C)C2(C)C. The third kappa shape index (κ3) is 7.96. The van der Waals surface area contributed by atoms with E-state index in [2.05, 4.69) is 33.2 Å². The highest BCUT2D eigenvalue weighted by Gasteiger charge is 2.70. The van der Waals surface area contributed by atoms with E-state index in [1.54, 1.807) is 0 Å². The Kier molecular flexibility index (Phi) is 11.1. The van der Waals surface area contributed by atoms with Gasteiger partial charge < -0.3 is 31.5 Å². The van der Waals surface area contributed by atoms with Gasteiger partial charge in [0.25, 0.3) is 5.91 Å². The van der Waals surface area contributed by atoms with Crippen molar-refractivity contribution in [2.75, 3.05) is 25.0 Å². The standard InChI is InChI=1S/C37H56N6O7/c1-11-13-21(27(44)32(48)38-16-12-2)40-31(47)26-24-20(37(24,9)10)18-43(26)33(49)30(36(6,7)8)42-34(50)41-22(35(3,4)5)17-39-25-23(19-14-15-19)28(45)29(25)46/h12,19-22,24,26,30,39H,2,11,13-18H2,1,3-10H3,(H,38,48)(H,40,47)(H2,41,42,50)/t20-,21?,22+,24-,26-,30+/m0/s1. The fourth-order valence-corrected chi connectivity index (χ4v) is 7.31. The van der Waals surface area contributed by atoms with Crippen LogP contribution in [0.1, 0.15) is 99.5 Å². The molecule has 13 nitrogen and oxygen atoms in total. The van der Waals surface area contributed by atoms with E-state index in [9.17, 15) is 33.6 Å². The summed E-state index contributed by atoms with van der Waals surface area (Å²) < 4.78 is 0. The first-order valence-electron chi connectivity index (χ1n) is 17.8. The van der Waals surface area contributed by atoms with E-state index in [0.717, 1.165) is 12.8 Å². The second kappa shape index (κ2) is 14.3. The van der Waals surface area contributed by atoms with E-state index in [1.165, 1.54) is 11.0 Å². The Morgan fingerprint density at radius 2 is 1.60 bits per heavy atom. The number of piperidine rings is 1. The number of nitrogens with zero attached hydrogens (tertiary/aromatic N) is 1. The molecule has 5 N–H and O–H groups in total. The lowest BCUT2D eigenvalue weighted by atomic mass is 9.85. The molecule has 4 rings (SSSR count). The molecule has 1 heterocycles. The van der Waals surface area contributed by atoms with E-state index in [0.29, 0.717) is 24.2 Å². The van der Waals surface area contributed by atoms with Crippen LogP contribution in [0.15, 0.2) is 22.2 Å². The molecule has 1 aliphatic heterocycles. The molecular weight excluding hydrogens is 640 g/mol. The molecule has 2 saturated carbocycles. The lowest BCUT2D eigenvalue weighted by molar-refractivity contribution is -0.145.